The van der Waals surface area contributed by atoms with Crippen molar-refractivity contribution in [1.29, 1.82) is 0 Å². The standard InChI is InChI=1S/C18H22ClF2NO3/c19-14-3-1-12(2-4-14)18(24,13-5-8-17(20,21)11-13)16(23)25-15-6-9-22-10-7-15/h1-4,13,15,22,24H,5-11H2. The fourth-order valence-electron chi connectivity index (χ4n) is 3.69. The summed E-state index contributed by atoms with van der Waals surface area (Å²) in [5.41, 5.74) is -1.84. The Kier molecular flexibility index (Phi) is 5.32. The van der Waals surface area contributed by atoms with E-state index in [0.29, 0.717) is 17.9 Å². The molecule has 0 amide bonds. The summed E-state index contributed by atoms with van der Waals surface area (Å²) in [5.74, 6) is -4.61. The second-order valence-electron chi connectivity index (χ2n) is 6.92. The number of rotatable bonds is 4. The second-order valence-corrected chi connectivity index (χ2v) is 7.36. The molecule has 0 spiro atoms. The number of hydrogen-bond acceptors (Lipinski definition) is 4. The number of halogens is 3. The van der Waals surface area contributed by atoms with E-state index in [1.807, 2.05) is 0 Å². The first-order chi connectivity index (χ1) is 11.8. The molecule has 1 aromatic rings. The lowest BCUT2D eigenvalue weighted by molar-refractivity contribution is -0.181. The van der Waals surface area contributed by atoms with Crippen LogP contribution in [0.25, 0.3) is 0 Å². The Hall–Kier alpha value is -1.24. The predicted octanol–water partition coefficient (Wildman–Crippen LogP) is 3.26. The van der Waals surface area contributed by atoms with Crippen molar-refractivity contribution in [2.75, 3.05) is 13.1 Å². The number of benzene rings is 1. The maximum atomic E-state index is 13.7. The Labute approximate surface area is 150 Å². The molecule has 4 nitrogen and oxygen atoms in total. The van der Waals surface area contributed by atoms with Crippen molar-refractivity contribution in [3.8, 4) is 0 Å². The topological polar surface area (TPSA) is 58.6 Å². The molecule has 25 heavy (non-hydrogen) atoms. The summed E-state index contributed by atoms with van der Waals surface area (Å²) in [5, 5.41) is 14.8. The average Bonchev–Trinajstić information content (AvgIpc) is 2.96. The van der Waals surface area contributed by atoms with Crippen LogP contribution in [-0.2, 0) is 15.1 Å². The van der Waals surface area contributed by atoms with Gasteiger partial charge in [0, 0.05) is 23.8 Å². The summed E-state index contributed by atoms with van der Waals surface area (Å²) < 4.78 is 33.0. The molecule has 138 valence electrons. The number of carbonyl (C=O) groups is 1. The summed E-state index contributed by atoms with van der Waals surface area (Å²) in [6, 6.07) is 6.07. The molecular formula is C18H22ClF2NO3. The maximum absolute atomic E-state index is 13.7. The maximum Gasteiger partial charge on any atom is 0.343 e. The summed E-state index contributed by atoms with van der Waals surface area (Å²) in [4.78, 5) is 12.8. The molecule has 2 unspecified atom stereocenters. The molecule has 1 aliphatic heterocycles. The van der Waals surface area contributed by atoms with Crippen molar-refractivity contribution in [3.05, 3.63) is 34.9 Å². The Balaban J connectivity index is 1.88. The van der Waals surface area contributed by atoms with Crippen molar-refractivity contribution in [3.63, 3.8) is 0 Å². The predicted molar refractivity (Wildman–Crippen MR) is 89.6 cm³/mol. The van der Waals surface area contributed by atoms with Gasteiger partial charge in [0.2, 0.25) is 5.92 Å². The third-order valence-electron chi connectivity index (χ3n) is 5.15. The van der Waals surface area contributed by atoms with Crippen LogP contribution in [0.4, 0.5) is 8.78 Å². The van der Waals surface area contributed by atoms with Crippen LogP contribution >= 0.6 is 11.6 Å². The van der Waals surface area contributed by atoms with E-state index in [-0.39, 0.29) is 24.5 Å². The third kappa shape index (κ3) is 3.96. The number of nitrogens with one attached hydrogen (secondary N) is 1. The van der Waals surface area contributed by atoms with Crippen LogP contribution in [0.3, 0.4) is 0 Å². The number of aliphatic hydroxyl groups is 1. The molecule has 2 N–H and O–H groups in total. The van der Waals surface area contributed by atoms with E-state index in [2.05, 4.69) is 5.32 Å². The van der Waals surface area contributed by atoms with Crippen LogP contribution in [-0.4, -0.2) is 36.2 Å². The molecule has 1 aromatic carbocycles. The zero-order valence-electron chi connectivity index (χ0n) is 13.8. The average molecular weight is 374 g/mol. The SMILES string of the molecule is O=C(OC1CCNCC1)C(O)(c1ccc(Cl)cc1)C1CCC(F)(F)C1. The van der Waals surface area contributed by atoms with Gasteiger partial charge in [-0.15, -0.1) is 0 Å². The van der Waals surface area contributed by atoms with Crippen LogP contribution < -0.4 is 5.32 Å². The largest absolute Gasteiger partial charge is 0.460 e. The van der Waals surface area contributed by atoms with E-state index >= 15 is 0 Å². The fourth-order valence-corrected chi connectivity index (χ4v) is 3.81. The smallest absolute Gasteiger partial charge is 0.343 e. The van der Waals surface area contributed by atoms with Gasteiger partial charge in [0.15, 0.2) is 5.60 Å². The lowest BCUT2D eigenvalue weighted by atomic mass is 9.80. The molecule has 0 bridgehead atoms. The summed E-state index contributed by atoms with van der Waals surface area (Å²) in [6.07, 6.45) is 0.163. The van der Waals surface area contributed by atoms with Gasteiger partial charge in [-0.05, 0) is 50.0 Å². The van der Waals surface area contributed by atoms with Crippen LogP contribution in [0.15, 0.2) is 24.3 Å². The minimum atomic E-state index is -2.87. The highest BCUT2D eigenvalue weighted by molar-refractivity contribution is 6.30. The number of piperidine rings is 1. The van der Waals surface area contributed by atoms with Gasteiger partial charge in [-0.2, -0.15) is 0 Å². The van der Waals surface area contributed by atoms with Crippen molar-refractivity contribution < 1.29 is 23.4 Å². The number of hydrogen-bond donors (Lipinski definition) is 2. The van der Waals surface area contributed by atoms with E-state index in [1.54, 1.807) is 0 Å². The van der Waals surface area contributed by atoms with Crippen molar-refractivity contribution >= 4 is 17.6 Å². The fraction of sp³-hybridized carbons (Fsp3) is 0.611. The molecule has 1 aliphatic carbocycles. The van der Waals surface area contributed by atoms with Gasteiger partial charge in [0.1, 0.15) is 6.10 Å². The highest BCUT2D eigenvalue weighted by atomic mass is 35.5. The van der Waals surface area contributed by atoms with Crippen LogP contribution in [0, 0.1) is 5.92 Å². The van der Waals surface area contributed by atoms with Crippen molar-refractivity contribution in [2.24, 2.45) is 5.92 Å². The first-order valence-corrected chi connectivity index (χ1v) is 8.97. The van der Waals surface area contributed by atoms with E-state index in [9.17, 15) is 18.7 Å². The van der Waals surface area contributed by atoms with E-state index in [4.69, 9.17) is 16.3 Å². The Bertz CT molecular complexity index is 619. The number of esters is 1. The van der Waals surface area contributed by atoms with Gasteiger partial charge in [0.05, 0.1) is 0 Å². The van der Waals surface area contributed by atoms with Gasteiger partial charge in [-0.3, -0.25) is 0 Å². The normalized spacial score (nSPS) is 26.2. The number of ether oxygens (including phenoxy) is 1. The van der Waals surface area contributed by atoms with Crippen LogP contribution in [0.2, 0.25) is 5.02 Å². The Morgan fingerprint density at radius 1 is 1.24 bits per heavy atom. The van der Waals surface area contributed by atoms with Gasteiger partial charge in [0.25, 0.3) is 0 Å². The van der Waals surface area contributed by atoms with Crippen molar-refractivity contribution in [1.82, 2.24) is 5.32 Å². The highest BCUT2D eigenvalue weighted by Gasteiger charge is 2.54. The molecule has 7 heteroatoms. The van der Waals surface area contributed by atoms with Gasteiger partial charge < -0.3 is 15.2 Å². The molecule has 2 atom stereocenters. The lowest BCUT2D eigenvalue weighted by Gasteiger charge is -2.34. The summed E-state index contributed by atoms with van der Waals surface area (Å²) >= 11 is 5.88. The second kappa shape index (κ2) is 7.17. The quantitative estimate of drug-likeness (QED) is 0.795. The monoisotopic (exact) mass is 373 g/mol. The number of carbonyl (C=O) groups excluding carboxylic acids is 1. The molecule has 1 saturated carbocycles. The molecule has 1 heterocycles. The Morgan fingerprint density at radius 3 is 2.44 bits per heavy atom. The zero-order chi connectivity index (χ0) is 18.1. The van der Waals surface area contributed by atoms with E-state index in [0.717, 1.165) is 13.1 Å². The van der Waals surface area contributed by atoms with Gasteiger partial charge >= 0.3 is 5.97 Å². The van der Waals surface area contributed by atoms with Gasteiger partial charge in [-0.1, -0.05) is 23.7 Å². The molecule has 1 saturated heterocycles. The number of alkyl halides is 2. The molecule has 2 aliphatic rings. The molecule has 2 fully saturated rings. The Morgan fingerprint density at radius 2 is 1.88 bits per heavy atom. The first-order valence-electron chi connectivity index (χ1n) is 8.59. The summed E-state index contributed by atoms with van der Waals surface area (Å²) in [7, 11) is 0. The summed E-state index contributed by atoms with van der Waals surface area (Å²) in [6.45, 7) is 1.44. The lowest BCUT2D eigenvalue weighted by Crippen LogP contribution is -2.46. The molecule has 3 rings (SSSR count). The first kappa shape index (κ1) is 18.5. The molecule has 0 radical (unpaired) electrons. The minimum absolute atomic E-state index is 0.0629. The third-order valence-corrected chi connectivity index (χ3v) is 5.40. The van der Waals surface area contributed by atoms with Crippen LogP contribution in [0.5, 0.6) is 0 Å². The van der Waals surface area contributed by atoms with Crippen LogP contribution in [0.1, 0.15) is 37.7 Å². The van der Waals surface area contributed by atoms with E-state index in [1.165, 1.54) is 24.3 Å². The molecule has 0 aromatic heterocycles. The zero-order valence-corrected chi connectivity index (χ0v) is 14.6. The highest BCUT2D eigenvalue weighted by Crippen LogP contribution is 2.48. The van der Waals surface area contributed by atoms with E-state index < -0.39 is 29.8 Å². The van der Waals surface area contributed by atoms with Gasteiger partial charge in [-0.25, -0.2) is 13.6 Å². The molecular weight excluding hydrogens is 352 g/mol. The van der Waals surface area contributed by atoms with Crippen molar-refractivity contribution in [2.45, 2.75) is 49.7 Å². The minimum Gasteiger partial charge on any atom is -0.460 e.